The Balaban J connectivity index is 1.51. The third-order valence-corrected chi connectivity index (χ3v) is 12.4. The molecule has 0 N–H and O–H groups in total. The van der Waals surface area contributed by atoms with Crippen LogP contribution in [0.1, 0.15) is 59.8 Å². The number of esters is 2. The Morgan fingerprint density at radius 2 is 1.55 bits per heavy atom. The lowest BCUT2D eigenvalue weighted by Gasteiger charge is -2.43. The van der Waals surface area contributed by atoms with E-state index >= 15 is 0 Å². The molecule has 204 valence electrons. The SMILES string of the molecule is CC(=O)O[C@@H]1C[C@H](CCO[Si](c2ccccc2)(c2ccccc2)C(C)(C)C)O[C@H](C[C@@H]2CC=CC(=O)O2)C1. The van der Waals surface area contributed by atoms with Crippen LogP contribution < -0.4 is 10.4 Å². The molecule has 0 aromatic heterocycles. The van der Waals surface area contributed by atoms with E-state index in [1.807, 2.05) is 18.2 Å². The van der Waals surface area contributed by atoms with Crippen molar-refractivity contribution >= 4 is 30.6 Å². The van der Waals surface area contributed by atoms with Gasteiger partial charge in [0.25, 0.3) is 8.32 Å². The van der Waals surface area contributed by atoms with Crippen molar-refractivity contribution < 1.29 is 28.2 Å². The molecule has 6 nitrogen and oxygen atoms in total. The average molecular weight is 537 g/mol. The predicted octanol–water partition coefficient (Wildman–Crippen LogP) is 4.69. The standard InChI is InChI=1S/C31H40O6Si/c1-23(32)35-26-21-25(36-27(22-26)20-24-12-11-17-30(33)37-24)18-19-34-38(31(2,3)4,28-13-7-5-8-14-28)29-15-9-6-10-16-29/h5-11,13-17,24-27H,12,18-22H2,1-4H3/t24-,25-,26+,27+/m0/s1. The zero-order valence-corrected chi connectivity index (χ0v) is 23.9. The quantitative estimate of drug-likeness (QED) is 0.342. The topological polar surface area (TPSA) is 71.1 Å². The van der Waals surface area contributed by atoms with Gasteiger partial charge in [0.05, 0.1) is 12.2 Å². The van der Waals surface area contributed by atoms with Gasteiger partial charge < -0.3 is 18.6 Å². The molecule has 0 aliphatic carbocycles. The molecule has 7 heteroatoms. The van der Waals surface area contributed by atoms with Crippen LogP contribution in [-0.2, 0) is 28.2 Å². The van der Waals surface area contributed by atoms with Crippen LogP contribution in [0.2, 0.25) is 5.04 Å². The van der Waals surface area contributed by atoms with Gasteiger partial charge in [-0.3, -0.25) is 4.79 Å². The maximum absolute atomic E-state index is 11.8. The Labute approximate surface area is 227 Å². The first-order valence-corrected chi connectivity index (χ1v) is 15.5. The van der Waals surface area contributed by atoms with Crippen LogP contribution in [0.4, 0.5) is 0 Å². The Bertz CT molecular complexity index is 1050. The van der Waals surface area contributed by atoms with Crippen molar-refractivity contribution in [2.45, 2.75) is 89.3 Å². The fourth-order valence-electron chi connectivity index (χ4n) is 5.84. The van der Waals surface area contributed by atoms with Gasteiger partial charge in [-0.2, -0.15) is 0 Å². The van der Waals surface area contributed by atoms with Crippen LogP contribution in [0.3, 0.4) is 0 Å². The first-order valence-electron chi connectivity index (χ1n) is 13.6. The number of carbonyl (C=O) groups excluding carboxylic acids is 2. The summed E-state index contributed by atoms with van der Waals surface area (Å²) in [6.45, 7) is 8.77. The molecule has 1 fully saturated rings. The van der Waals surface area contributed by atoms with E-state index in [4.69, 9.17) is 18.6 Å². The highest BCUT2D eigenvalue weighted by Crippen LogP contribution is 2.37. The van der Waals surface area contributed by atoms with Crippen molar-refractivity contribution in [1.29, 1.82) is 0 Å². The summed E-state index contributed by atoms with van der Waals surface area (Å²) < 4.78 is 24.6. The smallest absolute Gasteiger partial charge is 0.330 e. The van der Waals surface area contributed by atoms with Gasteiger partial charge in [-0.05, 0) is 21.8 Å². The minimum atomic E-state index is -2.64. The van der Waals surface area contributed by atoms with Crippen molar-refractivity contribution in [3.05, 3.63) is 72.8 Å². The maximum atomic E-state index is 11.8. The second kappa shape index (κ2) is 12.4. The molecule has 2 aromatic carbocycles. The second-order valence-corrected chi connectivity index (χ2v) is 15.6. The Morgan fingerprint density at radius 3 is 2.11 bits per heavy atom. The third kappa shape index (κ3) is 6.82. The van der Waals surface area contributed by atoms with E-state index in [2.05, 4.69) is 69.3 Å². The fraction of sp³-hybridized carbons (Fsp3) is 0.484. The molecule has 0 radical (unpaired) electrons. The first-order chi connectivity index (χ1) is 18.2. The van der Waals surface area contributed by atoms with Gasteiger partial charge in [0, 0.05) is 45.3 Å². The Hall–Kier alpha value is -2.74. The number of hydrogen-bond acceptors (Lipinski definition) is 6. The molecule has 2 aliphatic heterocycles. The van der Waals surface area contributed by atoms with Crippen LogP contribution in [0.15, 0.2) is 72.8 Å². The summed E-state index contributed by atoms with van der Waals surface area (Å²) in [6.07, 6.45) is 5.76. The van der Waals surface area contributed by atoms with Gasteiger partial charge in [0.2, 0.25) is 0 Å². The number of cyclic esters (lactones) is 1. The van der Waals surface area contributed by atoms with E-state index in [0.717, 1.165) is 0 Å². The number of ether oxygens (including phenoxy) is 3. The van der Waals surface area contributed by atoms with Crippen LogP contribution in [-0.4, -0.2) is 51.3 Å². The molecular weight excluding hydrogens is 496 g/mol. The highest BCUT2D eigenvalue weighted by atomic mass is 28.4. The lowest BCUT2D eigenvalue weighted by molar-refractivity contribution is -0.164. The summed E-state index contributed by atoms with van der Waals surface area (Å²) in [5.74, 6) is -0.603. The average Bonchev–Trinajstić information content (AvgIpc) is 2.86. The van der Waals surface area contributed by atoms with Crippen molar-refractivity contribution in [2.24, 2.45) is 0 Å². The van der Waals surface area contributed by atoms with E-state index in [-0.39, 0.29) is 41.4 Å². The van der Waals surface area contributed by atoms with Crippen molar-refractivity contribution in [1.82, 2.24) is 0 Å². The molecule has 0 saturated carbocycles. The number of hydrogen-bond donors (Lipinski definition) is 0. The predicted molar refractivity (Wildman–Crippen MR) is 150 cm³/mol. The van der Waals surface area contributed by atoms with Gasteiger partial charge in [-0.1, -0.05) is 87.5 Å². The van der Waals surface area contributed by atoms with Crippen molar-refractivity contribution in [3.63, 3.8) is 0 Å². The second-order valence-electron chi connectivity index (χ2n) is 11.3. The molecule has 2 aromatic rings. The lowest BCUT2D eigenvalue weighted by Crippen LogP contribution is -2.66. The fourth-order valence-corrected chi connectivity index (χ4v) is 10.4. The van der Waals surface area contributed by atoms with Crippen LogP contribution in [0, 0.1) is 0 Å². The molecule has 0 bridgehead atoms. The zero-order chi connectivity index (χ0) is 27.2. The molecule has 38 heavy (non-hydrogen) atoms. The van der Waals surface area contributed by atoms with E-state index in [0.29, 0.717) is 38.7 Å². The molecule has 4 rings (SSSR count). The van der Waals surface area contributed by atoms with Crippen LogP contribution >= 0.6 is 0 Å². The highest BCUT2D eigenvalue weighted by molar-refractivity contribution is 6.99. The maximum Gasteiger partial charge on any atom is 0.330 e. The van der Waals surface area contributed by atoms with E-state index in [1.165, 1.54) is 23.4 Å². The third-order valence-electron chi connectivity index (χ3n) is 7.41. The van der Waals surface area contributed by atoms with Gasteiger partial charge in [-0.25, -0.2) is 4.79 Å². The summed E-state index contributed by atoms with van der Waals surface area (Å²) in [5.41, 5.74) is 0. The highest BCUT2D eigenvalue weighted by Gasteiger charge is 2.50. The number of benzene rings is 2. The summed E-state index contributed by atoms with van der Waals surface area (Å²) in [5, 5.41) is 2.38. The molecule has 4 atom stereocenters. The minimum Gasteiger partial charge on any atom is -0.462 e. The first kappa shape index (κ1) is 28.3. The molecule has 0 spiro atoms. The normalized spacial score (nSPS) is 24.1. The molecular formula is C31H40O6Si. The summed E-state index contributed by atoms with van der Waals surface area (Å²) >= 11 is 0. The van der Waals surface area contributed by atoms with Gasteiger partial charge >= 0.3 is 11.9 Å². The minimum absolute atomic E-state index is 0.107. The lowest BCUT2D eigenvalue weighted by atomic mass is 9.94. The largest absolute Gasteiger partial charge is 0.462 e. The summed E-state index contributed by atoms with van der Waals surface area (Å²) in [4.78, 5) is 23.5. The van der Waals surface area contributed by atoms with Gasteiger partial charge in [-0.15, -0.1) is 0 Å². The van der Waals surface area contributed by atoms with Gasteiger partial charge in [0.1, 0.15) is 12.2 Å². The molecule has 2 heterocycles. The molecule has 0 amide bonds. The van der Waals surface area contributed by atoms with Crippen LogP contribution in [0.5, 0.6) is 0 Å². The Kier molecular flexibility index (Phi) is 9.23. The Morgan fingerprint density at radius 1 is 0.947 bits per heavy atom. The summed E-state index contributed by atoms with van der Waals surface area (Å²) in [7, 11) is -2.64. The molecule has 1 saturated heterocycles. The number of rotatable bonds is 9. The van der Waals surface area contributed by atoms with E-state index in [9.17, 15) is 9.59 Å². The van der Waals surface area contributed by atoms with E-state index in [1.54, 1.807) is 0 Å². The molecule has 2 aliphatic rings. The van der Waals surface area contributed by atoms with Crippen LogP contribution in [0.25, 0.3) is 0 Å². The van der Waals surface area contributed by atoms with Crippen molar-refractivity contribution in [3.8, 4) is 0 Å². The number of carbonyl (C=O) groups is 2. The monoisotopic (exact) mass is 536 g/mol. The van der Waals surface area contributed by atoms with E-state index < -0.39 is 8.32 Å². The van der Waals surface area contributed by atoms with Gasteiger partial charge in [0.15, 0.2) is 0 Å². The van der Waals surface area contributed by atoms with Crippen molar-refractivity contribution in [2.75, 3.05) is 6.61 Å². The molecule has 0 unspecified atom stereocenters. The zero-order valence-electron chi connectivity index (χ0n) is 22.9. The summed E-state index contributed by atoms with van der Waals surface area (Å²) in [6, 6.07) is 21.2.